The molecular weight excluding hydrogens is 390 g/mol. The molecule has 3 aromatic rings. The van der Waals surface area contributed by atoms with Crippen LogP contribution in [0.5, 0.6) is 0 Å². The minimum Gasteiger partial charge on any atom is -0.299 e. The second-order valence-corrected chi connectivity index (χ2v) is 9.16. The van der Waals surface area contributed by atoms with Crippen molar-refractivity contribution in [2.75, 3.05) is 13.1 Å². The Balaban J connectivity index is 1.35. The van der Waals surface area contributed by atoms with Crippen LogP contribution in [0, 0.1) is 0 Å². The highest BCUT2D eigenvalue weighted by Crippen LogP contribution is 2.35. The zero-order chi connectivity index (χ0) is 21.0. The maximum Gasteiger partial charge on any atom is 0.141 e. The Kier molecular flexibility index (Phi) is 6.36. The molecule has 0 aromatic heterocycles. The van der Waals surface area contributed by atoms with Gasteiger partial charge in [-0.1, -0.05) is 85.3 Å². The van der Waals surface area contributed by atoms with E-state index in [1.807, 2.05) is 24.3 Å². The minimum atomic E-state index is 0.165. The molecule has 1 aliphatic heterocycles. The number of hydrogen-bond donors (Lipinski definition) is 0. The van der Waals surface area contributed by atoms with Crippen LogP contribution in [0.4, 0.5) is 0 Å². The Bertz CT molecular complexity index is 999. The maximum atomic E-state index is 12.5. The van der Waals surface area contributed by atoms with Crippen LogP contribution in [-0.2, 0) is 29.6 Å². The predicted octanol–water partition coefficient (Wildman–Crippen LogP) is 5.86. The first kappa shape index (κ1) is 20.8. The quantitative estimate of drug-likeness (QED) is 0.480. The second kappa shape index (κ2) is 9.16. The fraction of sp³-hybridized carbons (Fsp3) is 0.296. The van der Waals surface area contributed by atoms with Crippen LogP contribution in [0.2, 0.25) is 5.02 Å². The van der Waals surface area contributed by atoms with Crippen molar-refractivity contribution in [3.8, 4) is 0 Å². The Labute approximate surface area is 184 Å². The zero-order valence-electron chi connectivity index (χ0n) is 17.5. The molecule has 1 fully saturated rings. The number of nitrogens with zero attached hydrogens (tertiary/aromatic N) is 1. The van der Waals surface area contributed by atoms with Gasteiger partial charge in [0.25, 0.3) is 0 Å². The largest absolute Gasteiger partial charge is 0.299 e. The van der Waals surface area contributed by atoms with E-state index in [1.54, 1.807) is 0 Å². The standard InChI is InChI=1S/C27H28ClNO/c1-27(14-15-29(20-27)19-22-6-3-2-4-7-22)24-12-10-21(11-13-24)17-26(30)18-23-8-5-9-25(28)16-23/h2-13,16H,14-15,17-20H2,1H3. The van der Waals surface area contributed by atoms with Crippen molar-refractivity contribution in [1.29, 1.82) is 0 Å². The van der Waals surface area contributed by atoms with Crippen molar-refractivity contribution in [1.82, 2.24) is 4.90 Å². The van der Waals surface area contributed by atoms with Gasteiger partial charge < -0.3 is 0 Å². The van der Waals surface area contributed by atoms with Gasteiger partial charge in [-0.2, -0.15) is 0 Å². The van der Waals surface area contributed by atoms with Crippen molar-refractivity contribution in [3.63, 3.8) is 0 Å². The van der Waals surface area contributed by atoms with Gasteiger partial charge >= 0.3 is 0 Å². The molecule has 0 aliphatic carbocycles. The molecule has 154 valence electrons. The zero-order valence-corrected chi connectivity index (χ0v) is 18.2. The van der Waals surface area contributed by atoms with E-state index in [0.717, 1.165) is 37.2 Å². The van der Waals surface area contributed by atoms with E-state index < -0.39 is 0 Å². The minimum absolute atomic E-state index is 0.165. The fourth-order valence-corrected chi connectivity index (χ4v) is 4.67. The summed E-state index contributed by atoms with van der Waals surface area (Å²) in [7, 11) is 0. The van der Waals surface area contributed by atoms with Crippen LogP contribution >= 0.6 is 11.6 Å². The first-order valence-corrected chi connectivity index (χ1v) is 11.0. The second-order valence-electron chi connectivity index (χ2n) is 8.73. The highest BCUT2D eigenvalue weighted by atomic mass is 35.5. The summed E-state index contributed by atoms with van der Waals surface area (Å²) in [6.45, 7) is 5.55. The SMILES string of the molecule is CC1(c2ccc(CC(=O)Cc3cccc(Cl)c3)cc2)CCN(Cc2ccccc2)C1. The van der Waals surface area contributed by atoms with Gasteiger partial charge in [0.1, 0.15) is 5.78 Å². The van der Waals surface area contributed by atoms with Crippen molar-refractivity contribution in [2.45, 2.75) is 38.1 Å². The average Bonchev–Trinajstić information content (AvgIpc) is 3.11. The molecule has 1 unspecified atom stereocenters. The summed E-state index contributed by atoms with van der Waals surface area (Å²) >= 11 is 6.02. The first-order valence-electron chi connectivity index (χ1n) is 10.6. The van der Waals surface area contributed by atoms with E-state index in [9.17, 15) is 4.79 Å². The number of hydrogen-bond acceptors (Lipinski definition) is 2. The summed E-state index contributed by atoms with van der Waals surface area (Å²) in [5.41, 5.74) is 4.95. The lowest BCUT2D eigenvalue weighted by atomic mass is 9.81. The van der Waals surface area contributed by atoms with Gasteiger partial charge in [0.2, 0.25) is 0 Å². The number of ketones is 1. The normalized spacial score (nSPS) is 19.1. The number of halogens is 1. The van der Waals surface area contributed by atoms with Gasteiger partial charge in [-0.25, -0.2) is 0 Å². The molecule has 0 N–H and O–H groups in total. The third-order valence-electron chi connectivity index (χ3n) is 6.14. The summed E-state index contributed by atoms with van der Waals surface area (Å²) in [6, 6.07) is 26.9. The number of likely N-dealkylation sites (tertiary alicyclic amines) is 1. The van der Waals surface area contributed by atoms with E-state index >= 15 is 0 Å². The van der Waals surface area contributed by atoms with Gasteiger partial charge in [0.15, 0.2) is 0 Å². The summed E-state index contributed by atoms with van der Waals surface area (Å²) in [6.07, 6.45) is 2.05. The van der Waals surface area contributed by atoms with Crippen LogP contribution in [0.1, 0.15) is 35.6 Å². The van der Waals surface area contributed by atoms with Crippen LogP contribution in [0.15, 0.2) is 78.9 Å². The molecule has 4 rings (SSSR count). The summed E-state index contributed by atoms with van der Waals surface area (Å²) in [5.74, 6) is 0.214. The van der Waals surface area contributed by atoms with Gasteiger partial charge in [-0.05, 0) is 47.4 Å². The Morgan fingerprint density at radius 3 is 2.33 bits per heavy atom. The molecule has 0 radical (unpaired) electrons. The lowest BCUT2D eigenvalue weighted by Gasteiger charge is -2.26. The van der Waals surface area contributed by atoms with Crippen molar-refractivity contribution in [3.05, 3.63) is 106 Å². The van der Waals surface area contributed by atoms with Crippen molar-refractivity contribution < 1.29 is 4.79 Å². The molecule has 0 saturated carbocycles. The molecule has 1 heterocycles. The number of carbonyl (C=O) groups excluding carboxylic acids is 1. The number of Topliss-reactive ketones (excluding diaryl/α,β-unsaturated/α-hetero) is 1. The molecule has 1 aliphatic rings. The molecule has 30 heavy (non-hydrogen) atoms. The van der Waals surface area contributed by atoms with Crippen molar-refractivity contribution in [2.24, 2.45) is 0 Å². The van der Waals surface area contributed by atoms with E-state index in [1.165, 1.54) is 11.1 Å². The Morgan fingerprint density at radius 2 is 1.60 bits per heavy atom. The van der Waals surface area contributed by atoms with E-state index in [0.29, 0.717) is 17.9 Å². The smallest absolute Gasteiger partial charge is 0.141 e. The number of carbonyl (C=O) groups is 1. The summed E-state index contributed by atoms with van der Waals surface area (Å²) < 4.78 is 0. The number of benzene rings is 3. The fourth-order valence-electron chi connectivity index (χ4n) is 4.46. The lowest BCUT2D eigenvalue weighted by molar-refractivity contribution is -0.117. The highest BCUT2D eigenvalue weighted by molar-refractivity contribution is 6.30. The van der Waals surface area contributed by atoms with E-state index in [2.05, 4.69) is 66.4 Å². The first-order chi connectivity index (χ1) is 14.5. The monoisotopic (exact) mass is 417 g/mol. The third kappa shape index (κ3) is 5.19. The third-order valence-corrected chi connectivity index (χ3v) is 6.38. The van der Waals surface area contributed by atoms with Gasteiger partial charge in [0, 0.05) is 36.4 Å². The summed E-state index contributed by atoms with van der Waals surface area (Å²) in [4.78, 5) is 15.0. The molecule has 0 spiro atoms. The molecular formula is C27H28ClNO. The summed E-state index contributed by atoms with van der Waals surface area (Å²) in [5, 5.41) is 0.677. The lowest BCUT2D eigenvalue weighted by Crippen LogP contribution is -2.28. The molecule has 3 heteroatoms. The molecule has 1 saturated heterocycles. The average molecular weight is 418 g/mol. The molecule has 0 bridgehead atoms. The maximum absolute atomic E-state index is 12.5. The van der Waals surface area contributed by atoms with Crippen molar-refractivity contribution >= 4 is 17.4 Å². The van der Waals surface area contributed by atoms with Crippen LogP contribution in [0.25, 0.3) is 0 Å². The Hall–Kier alpha value is -2.42. The molecule has 2 nitrogen and oxygen atoms in total. The number of rotatable bonds is 7. The van der Waals surface area contributed by atoms with Gasteiger partial charge in [-0.3, -0.25) is 9.69 Å². The van der Waals surface area contributed by atoms with Crippen LogP contribution < -0.4 is 0 Å². The molecule has 1 atom stereocenters. The van der Waals surface area contributed by atoms with Crippen LogP contribution in [-0.4, -0.2) is 23.8 Å². The molecule has 3 aromatic carbocycles. The van der Waals surface area contributed by atoms with Gasteiger partial charge in [-0.15, -0.1) is 0 Å². The van der Waals surface area contributed by atoms with Crippen LogP contribution in [0.3, 0.4) is 0 Å². The molecule has 0 amide bonds. The topological polar surface area (TPSA) is 20.3 Å². The highest BCUT2D eigenvalue weighted by Gasteiger charge is 2.35. The Morgan fingerprint density at radius 1 is 0.900 bits per heavy atom. The predicted molar refractivity (Wildman–Crippen MR) is 124 cm³/mol. The van der Waals surface area contributed by atoms with E-state index in [4.69, 9.17) is 11.6 Å². The van der Waals surface area contributed by atoms with Gasteiger partial charge in [0.05, 0.1) is 0 Å². The van der Waals surface area contributed by atoms with E-state index in [-0.39, 0.29) is 11.2 Å².